The molecule has 0 amide bonds. The molecule has 0 aliphatic rings. The molecule has 3 nitrogen and oxygen atoms in total. The van der Waals surface area contributed by atoms with E-state index in [2.05, 4.69) is 27.0 Å². The third kappa shape index (κ3) is 3.21. The molecule has 0 radical (unpaired) electrons. The van der Waals surface area contributed by atoms with Gasteiger partial charge in [-0.15, -0.1) is 0 Å². The molecule has 0 saturated heterocycles. The summed E-state index contributed by atoms with van der Waals surface area (Å²) < 4.78 is 6.06. The van der Waals surface area contributed by atoms with Crippen molar-refractivity contribution in [3.8, 4) is 11.8 Å². The van der Waals surface area contributed by atoms with Crippen molar-refractivity contribution >= 4 is 28.1 Å². The maximum Gasteiger partial charge on any atom is 0.133 e. The molecule has 0 aliphatic heterocycles. The number of nitrogens with zero attached hydrogens (tertiary/aromatic N) is 2. The number of halogens is 1. The molecule has 0 saturated carbocycles. The molecule has 1 heterocycles. The van der Waals surface area contributed by atoms with Gasteiger partial charge >= 0.3 is 0 Å². The van der Waals surface area contributed by atoms with E-state index in [1.807, 2.05) is 30.4 Å². The molecule has 0 unspecified atom stereocenters. The van der Waals surface area contributed by atoms with Crippen LogP contribution in [0.25, 0.3) is 12.2 Å². The number of ether oxygens (including phenoxy) is 1. The summed E-state index contributed by atoms with van der Waals surface area (Å²) in [7, 11) is 1.63. The highest BCUT2D eigenvalue weighted by molar-refractivity contribution is 9.10. The molecule has 94 valence electrons. The molecule has 0 spiro atoms. The fraction of sp³-hybridized carbons (Fsp3) is 0.0667. The first-order valence-corrected chi connectivity index (χ1v) is 6.40. The molecule has 2 rings (SSSR count). The Kier molecular flexibility index (Phi) is 4.32. The number of nitriles is 1. The number of methoxy groups -OCH3 is 1. The molecular weight excluding hydrogens is 304 g/mol. The summed E-state index contributed by atoms with van der Waals surface area (Å²) in [6.45, 7) is 0. The van der Waals surface area contributed by atoms with Gasteiger partial charge in [0.1, 0.15) is 11.8 Å². The number of benzene rings is 1. The molecule has 0 fully saturated rings. The lowest BCUT2D eigenvalue weighted by atomic mass is 10.1. The number of hydrogen-bond acceptors (Lipinski definition) is 3. The fourth-order valence-electron chi connectivity index (χ4n) is 1.61. The van der Waals surface area contributed by atoms with E-state index in [9.17, 15) is 0 Å². The van der Waals surface area contributed by atoms with E-state index in [-0.39, 0.29) is 0 Å². The standard InChI is InChI=1S/C15H11BrN2O/c1-19-15-7-5-11(9-13(15)16)4-6-14-12(10-17)3-2-8-18-14/h2-9H,1H3. The Bertz CT molecular complexity index is 659. The summed E-state index contributed by atoms with van der Waals surface area (Å²) in [6, 6.07) is 11.4. The molecule has 0 bridgehead atoms. The van der Waals surface area contributed by atoms with Gasteiger partial charge in [0.05, 0.1) is 22.8 Å². The van der Waals surface area contributed by atoms with Gasteiger partial charge in [0.25, 0.3) is 0 Å². The van der Waals surface area contributed by atoms with Gasteiger partial charge < -0.3 is 4.74 Å². The lowest BCUT2D eigenvalue weighted by molar-refractivity contribution is 0.412. The summed E-state index contributed by atoms with van der Waals surface area (Å²) in [5, 5.41) is 8.98. The molecule has 0 aliphatic carbocycles. The minimum absolute atomic E-state index is 0.561. The number of hydrogen-bond donors (Lipinski definition) is 0. The van der Waals surface area contributed by atoms with Crippen molar-refractivity contribution in [2.24, 2.45) is 0 Å². The maximum atomic E-state index is 8.98. The van der Waals surface area contributed by atoms with Crippen LogP contribution in [-0.2, 0) is 0 Å². The van der Waals surface area contributed by atoms with E-state index in [0.29, 0.717) is 11.3 Å². The predicted molar refractivity (Wildman–Crippen MR) is 78.6 cm³/mol. The zero-order chi connectivity index (χ0) is 13.7. The molecular formula is C15H11BrN2O. The normalized spacial score (nSPS) is 10.4. The smallest absolute Gasteiger partial charge is 0.133 e. The highest BCUT2D eigenvalue weighted by Crippen LogP contribution is 2.26. The summed E-state index contributed by atoms with van der Waals surface area (Å²) in [5.41, 5.74) is 2.23. The average molecular weight is 315 g/mol. The number of aromatic nitrogens is 1. The van der Waals surface area contributed by atoms with Gasteiger partial charge in [-0.25, -0.2) is 0 Å². The Balaban J connectivity index is 2.28. The highest BCUT2D eigenvalue weighted by Gasteiger charge is 2.00. The van der Waals surface area contributed by atoms with Crippen molar-refractivity contribution in [2.45, 2.75) is 0 Å². The van der Waals surface area contributed by atoms with Crippen LogP contribution in [0.5, 0.6) is 5.75 Å². The van der Waals surface area contributed by atoms with Crippen LogP contribution >= 0.6 is 15.9 Å². The second-order valence-electron chi connectivity index (χ2n) is 3.78. The highest BCUT2D eigenvalue weighted by atomic mass is 79.9. The third-order valence-corrected chi connectivity index (χ3v) is 3.19. The van der Waals surface area contributed by atoms with Crippen LogP contribution in [0.4, 0.5) is 0 Å². The number of rotatable bonds is 3. The van der Waals surface area contributed by atoms with Crippen LogP contribution in [0.15, 0.2) is 41.0 Å². The van der Waals surface area contributed by atoms with Crippen LogP contribution in [0.1, 0.15) is 16.8 Å². The molecule has 4 heteroatoms. The van der Waals surface area contributed by atoms with Gasteiger partial charge in [-0.3, -0.25) is 4.98 Å². The lowest BCUT2D eigenvalue weighted by Crippen LogP contribution is -1.86. The van der Waals surface area contributed by atoms with Gasteiger partial charge in [0, 0.05) is 6.20 Å². The second kappa shape index (κ2) is 6.17. The van der Waals surface area contributed by atoms with Crippen LogP contribution < -0.4 is 4.74 Å². The van der Waals surface area contributed by atoms with E-state index in [4.69, 9.17) is 10.00 Å². The summed E-state index contributed by atoms with van der Waals surface area (Å²) in [6.07, 6.45) is 5.41. The van der Waals surface area contributed by atoms with Crippen LogP contribution in [-0.4, -0.2) is 12.1 Å². The van der Waals surface area contributed by atoms with Crippen LogP contribution in [0, 0.1) is 11.3 Å². The Morgan fingerprint density at radius 3 is 2.84 bits per heavy atom. The zero-order valence-corrected chi connectivity index (χ0v) is 11.9. The Hall–Kier alpha value is -2.12. The SMILES string of the molecule is COc1ccc(C=Cc2ncccc2C#N)cc1Br. The summed E-state index contributed by atoms with van der Waals surface area (Å²) in [5.74, 6) is 0.785. The molecule has 2 aromatic rings. The van der Waals surface area contributed by atoms with E-state index >= 15 is 0 Å². The average Bonchev–Trinajstić information content (AvgIpc) is 2.45. The maximum absolute atomic E-state index is 8.98. The van der Waals surface area contributed by atoms with Crippen molar-refractivity contribution in [1.29, 1.82) is 5.26 Å². The van der Waals surface area contributed by atoms with Crippen molar-refractivity contribution in [3.05, 3.63) is 57.8 Å². The van der Waals surface area contributed by atoms with Crippen molar-refractivity contribution in [3.63, 3.8) is 0 Å². The third-order valence-electron chi connectivity index (χ3n) is 2.57. The van der Waals surface area contributed by atoms with Gasteiger partial charge in [0.15, 0.2) is 0 Å². The zero-order valence-electron chi connectivity index (χ0n) is 10.3. The van der Waals surface area contributed by atoms with Gasteiger partial charge in [-0.1, -0.05) is 12.1 Å². The van der Waals surface area contributed by atoms with Gasteiger partial charge in [-0.05, 0) is 51.8 Å². The van der Waals surface area contributed by atoms with E-state index in [1.54, 1.807) is 25.4 Å². The number of pyridine rings is 1. The van der Waals surface area contributed by atoms with Gasteiger partial charge in [0.2, 0.25) is 0 Å². The first kappa shape index (κ1) is 13.3. The molecule has 1 aromatic carbocycles. The van der Waals surface area contributed by atoms with Crippen molar-refractivity contribution in [1.82, 2.24) is 4.98 Å². The second-order valence-corrected chi connectivity index (χ2v) is 4.63. The minimum atomic E-state index is 0.561. The van der Waals surface area contributed by atoms with Gasteiger partial charge in [-0.2, -0.15) is 5.26 Å². The van der Waals surface area contributed by atoms with E-state index in [1.165, 1.54) is 0 Å². The first-order chi connectivity index (χ1) is 9.24. The topological polar surface area (TPSA) is 45.9 Å². The lowest BCUT2D eigenvalue weighted by Gasteiger charge is -2.03. The van der Waals surface area contributed by atoms with Crippen molar-refractivity contribution < 1.29 is 4.74 Å². The monoisotopic (exact) mass is 314 g/mol. The van der Waals surface area contributed by atoms with E-state index < -0.39 is 0 Å². The molecule has 19 heavy (non-hydrogen) atoms. The predicted octanol–water partition coefficient (Wildman–Crippen LogP) is 3.89. The minimum Gasteiger partial charge on any atom is -0.496 e. The van der Waals surface area contributed by atoms with Crippen LogP contribution in [0.3, 0.4) is 0 Å². The van der Waals surface area contributed by atoms with E-state index in [0.717, 1.165) is 15.8 Å². The summed E-state index contributed by atoms with van der Waals surface area (Å²) >= 11 is 3.43. The first-order valence-electron chi connectivity index (χ1n) is 5.61. The molecule has 0 N–H and O–H groups in total. The quantitative estimate of drug-likeness (QED) is 0.863. The largest absolute Gasteiger partial charge is 0.496 e. The Morgan fingerprint density at radius 1 is 1.32 bits per heavy atom. The fourth-order valence-corrected chi connectivity index (χ4v) is 2.16. The summed E-state index contributed by atoms with van der Waals surface area (Å²) in [4.78, 5) is 4.18. The molecule has 0 atom stereocenters. The molecule has 1 aromatic heterocycles. The van der Waals surface area contributed by atoms with Crippen molar-refractivity contribution in [2.75, 3.05) is 7.11 Å². The van der Waals surface area contributed by atoms with Crippen LogP contribution in [0.2, 0.25) is 0 Å². The Morgan fingerprint density at radius 2 is 2.16 bits per heavy atom. The Labute approximate surface area is 120 Å².